The molecule has 2 heterocycles. The Kier molecular flexibility index (Phi) is 3.43. The third kappa shape index (κ3) is 2.79. The Labute approximate surface area is 121 Å². The number of fused-ring (bicyclic) bond motifs is 1. The Balaban J connectivity index is 1.69. The highest BCUT2D eigenvalue weighted by atomic mass is 16.3. The fourth-order valence-electron chi connectivity index (χ4n) is 2.20. The molecule has 0 aliphatic heterocycles. The monoisotopic (exact) mass is 284 g/mol. The second-order valence-electron chi connectivity index (χ2n) is 5.04. The molecule has 1 atom stereocenters. The summed E-state index contributed by atoms with van der Waals surface area (Å²) in [6.45, 7) is 4.35. The molecule has 0 saturated heterocycles. The van der Waals surface area contributed by atoms with E-state index in [1.807, 2.05) is 32.0 Å². The van der Waals surface area contributed by atoms with E-state index in [2.05, 4.69) is 15.4 Å². The van der Waals surface area contributed by atoms with Gasteiger partial charge in [0.15, 0.2) is 0 Å². The smallest absolute Gasteiger partial charge is 0.251 e. The van der Waals surface area contributed by atoms with E-state index in [1.54, 1.807) is 17.1 Å². The topological polar surface area (TPSA) is 73.0 Å². The second kappa shape index (κ2) is 5.40. The summed E-state index contributed by atoms with van der Waals surface area (Å²) in [6.07, 6.45) is 3.12. The normalized spacial score (nSPS) is 12.5. The molecular weight excluding hydrogens is 268 g/mol. The first-order valence-corrected chi connectivity index (χ1v) is 6.76. The van der Waals surface area contributed by atoms with Crippen LogP contribution in [0.2, 0.25) is 0 Å². The fourth-order valence-corrected chi connectivity index (χ4v) is 2.20. The summed E-state index contributed by atoms with van der Waals surface area (Å²) in [5.74, 6) is 0.727. The Hall–Kier alpha value is -2.63. The molecule has 1 amide bonds. The zero-order chi connectivity index (χ0) is 14.8. The maximum atomic E-state index is 12.2. The number of benzene rings is 1. The maximum absolute atomic E-state index is 12.2. The number of furan rings is 1. The third-order valence-electron chi connectivity index (χ3n) is 3.35. The van der Waals surface area contributed by atoms with Gasteiger partial charge in [-0.3, -0.25) is 4.79 Å². The van der Waals surface area contributed by atoms with Gasteiger partial charge in [-0.15, -0.1) is 0 Å². The number of aromatic nitrogens is 3. The molecule has 2 aromatic heterocycles. The van der Waals surface area contributed by atoms with Gasteiger partial charge in [-0.2, -0.15) is 5.10 Å². The SMILES string of the molecule is Cc1cc2cc(C(=O)NCC(C)n3cncn3)ccc2o1. The minimum atomic E-state index is -0.109. The zero-order valence-corrected chi connectivity index (χ0v) is 11.9. The molecule has 1 aromatic carbocycles. The summed E-state index contributed by atoms with van der Waals surface area (Å²) >= 11 is 0. The van der Waals surface area contributed by atoms with E-state index < -0.39 is 0 Å². The van der Waals surface area contributed by atoms with Gasteiger partial charge in [0, 0.05) is 17.5 Å². The largest absolute Gasteiger partial charge is 0.461 e. The molecule has 6 nitrogen and oxygen atoms in total. The molecule has 0 spiro atoms. The zero-order valence-electron chi connectivity index (χ0n) is 11.9. The van der Waals surface area contributed by atoms with E-state index >= 15 is 0 Å². The molecule has 1 unspecified atom stereocenters. The number of amides is 1. The van der Waals surface area contributed by atoms with E-state index in [-0.39, 0.29) is 11.9 Å². The van der Waals surface area contributed by atoms with Crippen molar-refractivity contribution in [2.75, 3.05) is 6.54 Å². The summed E-state index contributed by atoms with van der Waals surface area (Å²) in [4.78, 5) is 16.1. The van der Waals surface area contributed by atoms with E-state index in [0.29, 0.717) is 12.1 Å². The van der Waals surface area contributed by atoms with Crippen molar-refractivity contribution in [3.63, 3.8) is 0 Å². The Morgan fingerprint density at radius 3 is 3.05 bits per heavy atom. The lowest BCUT2D eigenvalue weighted by Crippen LogP contribution is -2.29. The quantitative estimate of drug-likeness (QED) is 0.798. The molecule has 3 aromatic rings. The lowest BCUT2D eigenvalue weighted by atomic mass is 10.1. The van der Waals surface area contributed by atoms with E-state index in [0.717, 1.165) is 16.7 Å². The molecule has 3 rings (SSSR count). The van der Waals surface area contributed by atoms with E-state index in [1.165, 1.54) is 6.33 Å². The maximum Gasteiger partial charge on any atom is 0.251 e. The van der Waals surface area contributed by atoms with Crippen LogP contribution in [0.3, 0.4) is 0 Å². The number of nitrogens with zero attached hydrogens (tertiary/aromatic N) is 3. The third-order valence-corrected chi connectivity index (χ3v) is 3.35. The molecule has 0 bridgehead atoms. The second-order valence-corrected chi connectivity index (χ2v) is 5.04. The van der Waals surface area contributed by atoms with Crippen molar-refractivity contribution >= 4 is 16.9 Å². The van der Waals surface area contributed by atoms with Crippen LogP contribution in [-0.2, 0) is 0 Å². The summed E-state index contributed by atoms with van der Waals surface area (Å²) in [7, 11) is 0. The molecule has 0 aliphatic rings. The minimum absolute atomic E-state index is 0.0522. The van der Waals surface area contributed by atoms with Crippen LogP contribution in [0.25, 0.3) is 11.0 Å². The number of carbonyl (C=O) groups excluding carboxylic acids is 1. The van der Waals surface area contributed by atoms with Crippen LogP contribution in [0.4, 0.5) is 0 Å². The predicted octanol–water partition coefficient (Wildman–Crippen LogP) is 2.32. The Morgan fingerprint density at radius 1 is 1.43 bits per heavy atom. The summed E-state index contributed by atoms with van der Waals surface area (Å²) in [5, 5.41) is 7.89. The first-order valence-electron chi connectivity index (χ1n) is 6.76. The van der Waals surface area contributed by atoms with Gasteiger partial charge in [0.2, 0.25) is 0 Å². The molecule has 108 valence electrons. The van der Waals surface area contributed by atoms with Crippen LogP contribution >= 0.6 is 0 Å². The molecular formula is C15H16N4O2. The highest BCUT2D eigenvalue weighted by Crippen LogP contribution is 2.20. The molecule has 0 radical (unpaired) electrons. The van der Waals surface area contributed by atoms with Crippen LogP contribution in [0.15, 0.2) is 41.3 Å². The lowest BCUT2D eigenvalue weighted by Gasteiger charge is -2.12. The number of carbonyl (C=O) groups is 1. The predicted molar refractivity (Wildman–Crippen MR) is 78.0 cm³/mol. The highest BCUT2D eigenvalue weighted by molar-refractivity contribution is 5.97. The highest BCUT2D eigenvalue weighted by Gasteiger charge is 2.11. The summed E-state index contributed by atoms with van der Waals surface area (Å²) in [5.41, 5.74) is 1.41. The van der Waals surface area contributed by atoms with Gasteiger partial charge >= 0.3 is 0 Å². The minimum Gasteiger partial charge on any atom is -0.461 e. The molecule has 0 aliphatic carbocycles. The van der Waals surface area contributed by atoms with Crippen LogP contribution in [0, 0.1) is 6.92 Å². The van der Waals surface area contributed by atoms with Gasteiger partial charge in [-0.1, -0.05) is 0 Å². The van der Waals surface area contributed by atoms with Crippen molar-refractivity contribution < 1.29 is 9.21 Å². The number of rotatable bonds is 4. The average Bonchev–Trinajstić information content (AvgIpc) is 3.11. The van der Waals surface area contributed by atoms with Crippen LogP contribution < -0.4 is 5.32 Å². The average molecular weight is 284 g/mol. The van der Waals surface area contributed by atoms with Crippen molar-refractivity contribution in [3.8, 4) is 0 Å². The first-order chi connectivity index (χ1) is 10.1. The van der Waals surface area contributed by atoms with Crippen LogP contribution in [-0.4, -0.2) is 27.2 Å². The molecule has 6 heteroatoms. The number of nitrogens with one attached hydrogen (secondary N) is 1. The van der Waals surface area contributed by atoms with E-state index in [9.17, 15) is 4.79 Å². The standard InChI is InChI=1S/C15H16N4O2/c1-10(19-9-16-8-18-19)7-17-15(20)12-3-4-14-13(6-12)5-11(2)21-14/h3-6,8-10H,7H2,1-2H3,(H,17,20). The number of aryl methyl sites for hydroxylation is 1. The van der Waals surface area contributed by atoms with Gasteiger partial charge in [0.05, 0.1) is 6.04 Å². The molecule has 0 fully saturated rings. The van der Waals surface area contributed by atoms with Crippen molar-refractivity contribution in [2.45, 2.75) is 19.9 Å². The number of hydrogen-bond acceptors (Lipinski definition) is 4. The Bertz CT molecular complexity index is 761. The van der Waals surface area contributed by atoms with E-state index in [4.69, 9.17) is 4.42 Å². The van der Waals surface area contributed by atoms with Crippen molar-refractivity contribution in [1.82, 2.24) is 20.1 Å². The van der Waals surface area contributed by atoms with Gasteiger partial charge in [-0.25, -0.2) is 9.67 Å². The number of hydrogen-bond donors (Lipinski definition) is 1. The van der Waals surface area contributed by atoms with Gasteiger partial charge < -0.3 is 9.73 Å². The van der Waals surface area contributed by atoms with Crippen LogP contribution in [0.5, 0.6) is 0 Å². The van der Waals surface area contributed by atoms with Crippen molar-refractivity contribution in [3.05, 3.63) is 48.2 Å². The van der Waals surface area contributed by atoms with Gasteiger partial charge in [0.1, 0.15) is 24.0 Å². The summed E-state index contributed by atoms with van der Waals surface area (Å²) in [6, 6.07) is 7.39. The lowest BCUT2D eigenvalue weighted by molar-refractivity contribution is 0.0948. The van der Waals surface area contributed by atoms with Crippen molar-refractivity contribution in [1.29, 1.82) is 0 Å². The molecule has 1 N–H and O–H groups in total. The van der Waals surface area contributed by atoms with Gasteiger partial charge in [-0.05, 0) is 38.1 Å². The fraction of sp³-hybridized carbons (Fsp3) is 0.267. The molecule has 0 saturated carbocycles. The summed E-state index contributed by atoms with van der Waals surface area (Å²) < 4.78 is 7.21. The van der Waals surface area contributed by atoms with Crippen LogP contribution in [0.1, 0.15) is 29.1 Å². The molecule has 21 heavy (non-hydrogen) atoms. The first kappa shape index (κ1) is 13.4. The van der Waals surface area contributed by atoms with Crippen molar-refractivity contribution in [2.24, 2.45) is 0 Å². The van der Waals surface area contributed by atoms with Gasteiger partial charge in [0.25, 0.3) is 5.91 Å². The Morgan fingerprint density at radius 2 is 2.29 bits per heavy atom.